The zero-order chi connectivity index (χ0) is 50.6. The molecule has 1 aliphatic rings. The van der Waals surface area contributed by atoms with Gasteiger partial charge in [-0.15, -0.1) is 0 Å². The van der Waals surface area contributed by atoms with E-state index in [0.717, 1.165) is 6.21 Å². The fourth-order valence-corrected chi connectivity index (χ4v) is 4.43. The van der Waals surface area contributed by atoms with E-state index < -0.39 is 77.9 Å². The third-order valence-corrected chi connectivity index (χ3v) is 7.71. The number of alkyl carbamates (subject to hydrolysis) is 1. The van der Waals surface area contributed by atoms with E-state index in [1.54, 1.807) is 20.8 Å². The van der Waals surface area contributed by atoms with Gasteiger partial charge in [-0.05, 0) is 47.5 Å². The number of aryl methyl sites for hydroxylation is 3. The third-order valence-electron chi connectivity index (χ3n) is 7.71. The van der Waals surface area contributed by atoms with Crippen molar-refractivity contribution in [2.75, 3.05) is 13.2 Å². The maximum absolute atomic E-state index is 11.8. The Kier molecular flexibility index (Phi) is 25.3. The van der Waals surface area contributed by atoms with E-state index in [0.29, 0.717) is 17.0 Å². The van der Waals surface area contributed by atoms with E-state index in [-0.39, 0.29) is 99.5 Å². The molecule has 4 N–H and O–H groups in total. The molecule has 3 aromatic heterocycles. The van der Waals surface area contributed by atoms with Gasteiger partial charge in [-0.3, -0.25) is 28.8 Å². The maximum Gasteiger partial charge on any atom is 0.534 e. The van der Waals surface area contributed by atoms with E-state index in [1.807, 2.05) is 0 Å². The topological polar surface area (TPSA) is 447 Å². The number of aliphatic hydroxyl groups excluding tert-OH is 1. The number of carbonyl (C=O) groups excluding carboxylic acids is 8. The van der Waals surface area contributed by atoms with Gasteiger partial charge in [0.1, 0.15) is 24.5 Å². The van der Waals surface area contributed by atoms with Crippen LogP contribution in [-0.2, 0) is 72.4 Å². The van der Waals surface area contributed by atoms with Crippen LogP contribution in [0.25, 0.3) is 11.1 Å². The van der Waals surface area contributed by atoms with E-state index in [1.165, 1.54) is 13.8 Å². The SMILES string of the molecule is CCOC(=O)[C@@H](N)CCC(=O)C=[N+]=[N-].CCOC(=O)[C@H](CCC(=O)C=[N+]=[N-])NC(=O)OCc1oc(=O)oc1C.Cc1oc(=O)oc1CO.Cc1oc(=O)oc1COC(=O)ON1C(=O)CCC1=O. The second kappa shape index (κ2) is 29.9. The van der Waals surface area contributed by atoms with Gasteiger partial charge in [0.25, 0.3) is 11.8 Å². The zero-order valence-corrected chi connectivity index (χ0v) is 36.3. The van der Waals surface area contributed by atoms with Crippen LogP contribution in [0.2, 0.25) is 0 Å². The number of hydrogen-bond donors (Lipinski definition) is 3. The molecular formula is C37H45N7O23. The summed E-state index contributed by atoms with van der Waals surface area (Å²) < 4.78 is 46.1. The summed E-state index contributed by atoms with van der Waals surface area (Å²) in [4.78, 5) is 132. The number of nitrogens with two attached hydrogens (primary N) is 1. The number of esters is 2. The molecule has 0 bridgehead atoms. The lowest BCUT2D eigenvalue weighted by Crippen LogP contribution is -2.42. The zero-order valence-electron chi connectivity index (χ0n) is 36.3. The predicted molar refractivity (Wildman–Crippen MR) is 210 cm³/mol. The highest BCUT2D eigenvalue weighted by molar-refractivity contribution is 6.25. The molecule has 4 rings (SSSR count). The van der Waals surface area contributed by atoms with E-state index in [4.69, 9.17) is 31.4 Å². The molecule has 0 spiro atoms. The first-order valence-electron chi connectivity index (χ1n) is 19.2. The number of rotatable bonds is 19. The standard InChI is InChI=1S/C14H17N3O8.C10H9NO8.C8H13N3O3.C5H6O4/c1-3-22-12(19)10(5-4-9(18)6-16-15)17-13(20)23-7-11-8(2)24-14(21)25-11;1-5-6(18-10(15)17-5)4-16-9(14)19-11-7(12)2-3-8(11)13;1-2-14-8(13)7(9)4-3-6(12)5-11-10;1-3-4(2-6)9-5(7)8-3/h6,10H,3-5,7H2,1-2H3,(H,17,20);2-4H2,1H3;5,7H,2-4,9H2,1H3;6H,2H2,1H3/t10-;;7-;/m0.0./s1. The number of ether oxygens (including phenoxy) is 4. The van der Waals surface area contributed by atoms with Crippen molar-refractivity contribution in [3.05, 3.63) is 77.5 Å². The normalized spacial score (nSPS) is 12.1. The van der Waals surface area contributed by atoms with Crippen molar-refractivity contribution >= 4 is 60.0 Å². The average molecular weight is 956 g/mol. The molecule has 0 aromatic carbocycles. The molecule has 4 heterocycles. The van der Waals surface area contributed by atoms with Crippen LogP contribution in [0.15, 0.2) is 40.9 Å². The van der Waals surface area contributed by atoms with Gasteiger partial charge in [-0.2, -0.15) is 9.58 Å². The van der Waals surface area contributed by atoms with Crippen LogP contribution in [0, 0.1) is 20.8 Å². The molecule has 3 amide bonds. The molecule has 67 heavy (non-hydrogen) atoms. The number of ketones is 2. The Bertz CT molecular complexity index is 2440. The van der Waals surface area contributed by atoms with Gasteiger partial charge in [-0.25, -0.2) is 28.8 Å². The number of imide groups is 1. The Morgan fingerprint density at radius 3 is 1.52 bits per heavy atom. The quantitative estimate of drug-likeness (QED) is 0.0360. The first kappa shape index (κ1) is 56.7. The minimum absolute atomic E-state index is 0.0121. The number of nitrogens with zero attached hydrogens (tertiary/aromatic N) is 5. The number of hydrogen-bond acceptors (Lipinski definition) is 24. The van der Waals surface area contributed by atoms with Crippen molar-refractivity contribution < 1.29 is 103 Å². The van der Waals surface area contributed by atoms with Crippen LogP contribution in [0.1, 0.15) is 86.9 Å². The van der Waals surface area contributed by atoms with Gasteiger partial charge in [0, 0.05) is 25.7 Å². The molecule has 0 saturated carbocycles. The van der Waals surface area contributed by atoms with Gasteiger partial charge < -0.3 is 72.7 Å². The Hall–Kier alpha value is -8.33. The highest BCUT2D eigenvalue weighted by Crippen LogP contribution is 2.14. The number of nitrogens with one attached hydrogen (secondary N) is 1. The van der Waals surface area contributed by atoms with Crippen LogP contribution in [-0.4, -0.2) is 105 Å². The predicted octanol–water partition coefficient (Wildman–Crippen LogP) is 0.168. The van der Waals surface area contributed by atoms with Gasteiger partial charge in [0.15, 0.2) is 42.0 Å². The van der Waals surface area contributed by atoms with Crippen molar-refractivity contribution in [1.82, 2.24) is 10.4 Å². The van der Waals surface area contributed by atoms with E-state index in [9.17, 15) is 52.7 Å². The molecule has 0 aliphatic carbocycles. The summed E-state index contributed by atoms with van der Waals surface area (Å²) in [7, 11) is 0. The van der Waals surface area contributed by atoms with Crippen molar-refractivity contribution in [1.29, 1.82) is 0 Å². The third kappa shape index (κ3) is 21.7. The van der Waals surface area contributed by atoms with Crippen molar-refractivity contribution in [3.63, 3.8) is 0 Å². The summed E-state index contributed by atoms with van der Waals surface area (Å²) in [6, 6.07) is -1.94. The van der Waals surface area contributed by atoms with Crippen LogP contribution in [0.4, 0.5) is 9.59 Å². The van der Waals surface area contributed by atoms with Crippen LogP contribution < -0.4 is 28.5 Å². The molecule has 0 radical (unpaired) electrons. The monoisotopic (exact) mass is 955 g/mol. The van der Waals surface area contributed by atoms with Crippen molar-refractivity contribution in [2.45, 2.75) is 105 Å². The van der Waals surface area contributed by atoms with Gasteiger partial charge in [0.05, 0.1) is 13.2 Å². The Balaban J connectivity index is 0.000000473. The van der Waals surface area contributed by atoms with Gasteiger partial charge >= 0.3 is 54.1 Å². The summed E-state index contributed by atoms with van der Waals surface area (Å²) in [5.41, 5.74) is 21.7. The number of amides is 3. The average Bonchev–Trinajstić information content (AvgIpc) is 4.00. The summed E-state index contributed by atoms with van der Waals surface area (Å²) >= 11 is 0. The molecule has 1 fully saturated rings. The number of aliphatic hydroxyl groups is 1. The highest BCUT2D eigenvalue weighted by Gasteiger charge is 2.33. The summed E-state index contributed by atoms with van der Waals surface area (Å²) in [6.07, 6.45) is -0.807. The largest absolute Gasteiger partial charge is 0.534 e. The highest BCUT2D eigenvalue weighted by atomic mass is 16.8. The number of hydroxylamine groups is 2. The number of Topliss-reactive ketones (excluding diaryl/α,β-unsaturated/α-hetero) is 2. The van der Waals surface area contributed by atoms with Crippen molar-refractivity contribution in [3.8, 4) is 0 Å². The smallest absolute Gasteiger partial charge is 0.465 e. The molecular weight excluding hydrogens is 910 g/mol. The fourth-order valence-electron chi connectivity index (χ4n) is 4.43. The molecule has 1 saturated heterocycles. The Labute approximate surface area is 374 Å². The molecule has 366 valence electrons. The van der Waals surface area contributed by atoms with Gasteiger partial charge in [0.2, 0.25) is 11.6 Å². The van der Waals surface area contributed by atoms with Crippen molar-refractivity contribution in [2.24, 2.45) is 5.73 Å². The van der Waals surface area contributed by atoms with E-state index >= 15 is 0 Å². The number of carbonyl (C=O) groups is 8. The summed E-state index contributed by atoms with van der Waals surface area (Å²) in [5.74, 6) is -5.15. The summed E-state index contributed by atoms with van der Waals surface area (Å²) in [6.45, 7) is 6.97. The first-order valence-corrected chi connectivity index (χ1v) is 19.2. The first-order chi connectivity index (χ1) is 31.7. The minimum Gasteiger partial charge on any atom is -0.465 e. The van der Waals surface area contributed by atoms with Crippen LogP contribution in [0.3, 0.4) is 0 Å². The minimum atomic E-state index is -1.26. The van der Waals surface area contributed by atoms with Crippen LogP contribution >= 0.6 is 0 Å². The molecule has 30 nitrogen and oxygen atoms in total. The summed E-state index contributed by atoms with van der Waals surface area (Å²) in [5, 5.41) is 11.0. The lowest BCUT2D eigenvalue weighted by Gasteiger charge is -2.16. The molecule has 3 aromatic rings. The second-order valence-electron chi connectivity index (χ2n) is 12.6. The molecule has 0 unspecified atom stereocenters. The lowest BCUT2D eigenvalue weighted by molar-refractivity contribution is -0.177. The van der Waals surface area contributed by atoms with Crippen LogP contribution in [0.5, 0.6) is 0 Å². The molecule has 30 heteroatoms. The van der Waals surface area contributed by atoms with E-state index in [2.05, 4.69) is 55.7 Å². The fraction of sp³-hybridized carbons (Fsp3) is 0.486. The lowest BCUT2D eigenvalue weighted by atomic mass is 10.1. The maximum atomic E-state index is 11.8. The Morgan fingerprint density at radius 2 is 1.12 bits per heavy atom. The molecule has 2 atom stereocenters. The second-order valence-corrected chi connectivity index (χ2v) is 12.6. The Morgan fingerprint density at radius 1 is 0.687 bits per heavy atom. The molecule has 1 aliphatic heterocycles. The van der Waals surface area contributed by atoms with Gasteiger partial charge in [-0.1, -0.05) is 5.06 Å².